The van der Waals surface area contributed by atoms with Crippen molar-refractivity contribution in [2.75, 3.05) is 0 Å². The van der Waals surface area contributed by atoms with E-state index in [-0.39, 0.29) is 18.3 Å². The van der Waals surface area contributed by atoms with Crippen molar-refractivity contribution in [1.82, 2.24) is 0 Å². The first-order valence-electron chi connectivity index (χ1n) is 5.94. The first kappa shape index (κ1) is 12.4. The van der Waals surface area contributed by atoms with Crippen LogP contribution in [0.3, 0.4) is 0 Å². The topological polar surface area (TPSA) is 18.5 Å². The molecule has 2 nitrogen and oxygen atoms in total. The molecule has 0 N–H and O–H groups in total. The van der Waals surface area contributed by atoms with Gasteiger partial charge < -0.3 is 9.31 Å². The van der Waals surface area contributed by atoms with Crippen LogP contribution in [0.1, 0.15) is 33.3 Å². The third-order valence-corrected chi connectivity index (χ3v) is 3.72. The molecule has 1 aromatic rings. The summed E-state index contributed by atoms with van der Waals surface area (Å²) in [4.78, 5) is 0. The maximum absolute atomic E-state index is 6.02. The normalized spacial score (nSPS) is 21.5. The van der Waals surface area contributed by atoms with E-state index < -0.39 is 0 Å². The van der Waals surface area contributed by atoms with Gasteiger partial charge in [0.15, 0.2) is 0 Å². The monoisotopic (exact) mass is 230 g/mol. The van der Waals surface area contributed by atoms with Crippen LogP contribution in [-0.2, 0) is 9.31 Å². The lowest BCUT2D eigenvalue weighted by Gasteiger charge is -2.32. The first-order chi connectivity index (χ1) is 7.87. The summed E-state index contributed by atoms with van der Waals surface area (Å²) in [6.45, 7) is 12.1. The maximum Gasteiger partial charge on any atom is 0.495 e. The minimum Gasteiger partial charge on any atom is -0.399 e. The average Bonchev–Trinajstić information content (AvgIpc) is 2.48. The molecule has 1 saturated heterocycles. The highest BCUT2D eigenvalue weighted by molar-refractivity contribution is 6.63. The Balaban J connectivity index is 2.35. The van der Waals surface area contributed by atoms with Crippen molar-refractivity contribution in [3.63, 3.8) is 0 Å². The lowest BCUT2D eigenvalue weighted by atomic mass is 9.76. The number of rotatable bonds is 2. The molecule has 1 heterocycles. The Hall–Kier alpha value is -1.06. The second-order valence-corrected chi connectivity index (χ2v) is 5.42. The Morgan fingerprint density at radius 1 is 1.06 bits per heavy atom. The van der Waals surface area contributed by atoms with Gasteiger partial charge in [0.25, 0.3) is 0 Å². The van der Waals surface area contributed by atoms with E-state index in [1.165, 1.54) is 0 Å². The Morgan fingerprint density at radius 2 is 1.59 bits per heavy atom. The molecular formula is C14H19BO2. The van der Waals surface area contributed by atoms with Gasteiger partial charge in [-0.2, -0.15) is 0 Å². The highest BCUT2D eigenvalue weighted by Gasteiger charge is 2.51. The molecule has 1 fully saturated rings. The number of hydrogen-bond acceptors (Lipinski definition) is 2. The molecule has 1 aromatic carbocycles. The predicted octanol–water partition coefficient (Wildman–Crippen LogP) is 2.63. The minimum atomic E-state index is -0.311. The Bertz CT molecular complexity index is 422. The zero-order chi connectivity index (χ0) is 12.7. The van der Waals surface area contributed by atoms with Gasteiger partial charge >= 0.3 is 7.12 Å². The highest BCUT2D eigenvalue weighted by atomic mass is 16.7. The molecule has 0 atom stereocenters. The lowest BCUT2D eigenvalue weighted by molar-refractivity contribution is 0.00578. The molecule has 0 bridgehead atoms. The summed E-state index contributed by atoms with van der Waals surface area (Å²) in [5.74, 6) is 0. The van der Waals surface area contributed by atoms with E-state index in [0.717, 1.165) is 11.0 Å². The van der Waals surface area contributed by atoms with Crippen molar-refractivity contribution in [2.45, 2.75) is 38.9 Å². The fraction of sp³-hybridized carbons (Fsp3) is 0.429. The van der Waals surface area contributed by atoms with Crippen molar-refractivity contribution < 1.29 is 9.31 Å². The van der Waals surface area contributed by atoms with Crippen LogP contribution in [0, 0.1) is 0 Å². The van der Waals surface area contributed by atoms with Crippen LogP contribution < -0.4 is 5.46 Å². The first-order valence-corrected chi connectivity index (χ1v) is 5.94. The van der Waals surface area contributed by atoms with E-state index in [4.69, 9.17) is 9.31 Å². The van der Waals surface area contributed by atoms with Gasteiger partial charge in [0.05, 0.1) is 11.2 Å². The van der Waals surface area contributed by atoms with Crippen molar-refractivity contribution in [1.29, 1.82) is 0 Å². The zero-order valence-electron chi connectivity index (χ0n) is 11.0. The molecule has 90 valence electrons. The van der Waals surface area contributed by atoms with Gasteiger partial charge in [0, 0.05) is 0 Å². The van der Waals surface area contributed by atoms with E-state index in [9.17, 15) is 0 Å². The molecule has 1 aliphatic rings. The van der Waals surface area contributed by atoms with Crippen LogP contribution in [0.5, 0.6) is 0 Å². The number of benzene rings is 1. The summed E-state index contributed by atoms with van der Waals surface area (Å²) in [6.07, 6.45) is 1.83. The SMILES string of the molecule is C=Cc1ccccc1B1OC(C)(C)C(C)(C)O1. The summed E-state index contributed by atoms with van der Waals surface area (Å²) in [5.41, 5.74) is 1.50. The van der Waals surface area contributed by atoms with Gasteiger partial charge in [-0.1, -0.05) is 36.9 Å². The van der Waals surface area contributed by atoms with Crippen LogP contribution >= 0.6 is 0 Å². The molecule has 17 heavy (non-hydrogen) atoms. The largest absolute Gasteiger partial charge is 0.495 e. The molecule has 0 saturated carbocycles. The predicted molar refractivity (Wildman–Crippen MR) is 72.2 cm³/mol. The molecule has 2 rings (SSSR count). The molecule has 0 aliphatic carbocycles. The highest BCUT2D eigenvalue weighted by Crippen LogP contribution is 2.36. The molecular weight excluding hydrogens is 211 g/mol. The Labute approximate surface area is 104 Å². The van der Waals surface area contributed by atoms with Gasteiger partial charge in [-0.3, -0.25) is 0 Å². The third kappa shape index (κ3) is 2.05. The summed E-state index contributed by atoms with van der Waals surface area (Å²) in [6, 6.07) is 8.03. The molecule has 0 aromatic heterocycles. The number of hydrogen-bond donors (Lipinski definition) is 0. The smallest absolute Gasteiger partial charge is 0.399 e. The van der Waals surface area contributed by atoms with Crippen LogP contribution in [0.4, 0.5) is 0 Å². The fourth-order valence-corrected chi connectivity index (χ4v) is 1.88. The van der Waals surface area contributed by atoms with Crippen molar-refractivity contribution in [3.05, 3.63) is 36.4 Å². The molecule has 0 spiro atoms. The molecule has 0 amide bonds. The van der Waals surface area contributed by atoms with Gasteiger partial charge in [0.1, 0.15) is 0 Å². The Morgan fingerprint density at radius 3 is 2.12 bits per heavy atom. The van der Waals surface area contributed by atoms with E-state index in [2.05, 4.69) is 34.3 Å². The average molecular weight is 230 g/mol. The Kier molecular flexibility index (Phi) is 2.92. The second kappa shape index (κ2) is 4.00. The third-order valence-electron chi connectivity index (χ3n) is 3.72. The van der Waals surface area contributed by atoms with Crippen LogP contribution in [0.2, 0.25) is 0 Å². The van der Waals surface area contributed by atoms with E-state index in [1.807, 2.05) is 30.3 Å². The van der Waals surface area contributed by atoms with Gasteiger partial charge in [0.2, 0.25) is 0 Å². The zero-order valence-corrected chi connectivity index (χ0v) is 11.0. The minimum absolute atomic E-state index is 0.300. The van der Waals surface area contributed by atoms with E-state index in [1.54, 1.807) is 0 Å². The quantitative estimate of drug-likeness (QED) is 0.727. The fourth-order valence-electron chi connectivity index (χ4n) is 1.88. The van der Waals surface area contributed by atoms with Crippen LogP contribution in [0.15, 0.2) is 30.8 Å². The molecule has 0 unspecified atom stereocenters. The molecule has 3 heteroatoms. The van der Waals surface area contributed by atoms with E-state index >= 15 is 0 Å². The maximum atomic E-state index is 6.02. The van der Waals surface area contributed by atoms with E-state index in [0.29, 0.717) is 0 Å². The summed E-state index contributed by atoms with van der Waals surface area (Å²) in [7, 11) is -0.311. The van der Waals surface area contributed by atoms with Crippen molar-refractivity contribution in [2.24, 2.45) is 0 Å². The summed E-state index contributed by atoms with van der Waals surface area (Å²) >= 11 is 0. The summed E-state index contributed by atoms with van der Waals surface area (Å²) < 4.78 is 12.0. The van der Waals surface area contributed by atoms with Crippen molar-refractivity contribution in [3.8, 4) is 0 Å². The molecule has 1 aliphatic heterocycles. The van der Waals surface area contributed by atoms with Gasteiger partial charge in [-0.25, -0.2) is 0 Å². The standard InChI is InChI=1S/C14H19BO2/c1-6-11-9-7-8-10-12(11)15-16-13(2,3)14(4,5)17-15/h6-10H,1H2,2-5H3. The second-order valence-electron chi connectivity index (χ2n) is 5.42. The lowest BCUT2D eigenvalue weighted by Crippen LogP contribution is -2.41. The van der Waals surface area contributed by atoms with Crippen LogP contribution in [-0.4, -0.2) is 18.3 Å². The van der Waals surface area contributed by atoms with Crippen LogP contribution in [0.25, 0.3) is 6.08 Å². The van der Waals surface area contributed by atoms with Crippen molar-refractivity contribution >= 4 is 18.7 Å². The summed E-state index contributed by atoms with van der Waals surface area (Å²) in [5, 5.41) is 0. The molecule has 0 radical (unpaired) electrons. The van der Waals surface area contributed by atoms with Gasteiger partial charge in [-0.05, 0) is 38.7 Å². The van der Waals surface area contributed by atoms with Gasteiger partial charge in [-0.15, -0.1) is 0 Å².